The third kappa shape index (κ3) is 4.64. The van der Waals surface area contributed by atoms with Gasteiger partial charge in [-0.3, -0.25) is 14.2 Å². The van der Waals surface area contributed by atoms with Crippen LogP contribution in [0.4, 0.5) is 0 Å². The monoisotopic (exact) mass is 475 g/mol. The highest BCUT2D eigenvalue weighted by Gasteiger charge is 2.33. The van der Waals surface area contributed by atoms with E-state index >= 15 is 0 Å². The van der Waals surface area contributed by atoms with Gasteiger partial charge in [-0.2, -0.15) is 4.98 Å². The minimum atomic E-state index is -0.764. The normalized spacial score (nSPS) is 15.1. The number of aromatic nitrogens is 2. The van der Waals surface area contributed by atoms with Crippen molar-refractivity contribution in [3.8, 4) is 23.1 Å². The van der Waals surface area contributed by atoms with Crippen LogP contribution in [0.5, 0.6) is 17.4 Å². The number of nitrogens with zero attached hydrogens (tertiary/aromatic N) is 3. The molecule has 0 unspecified atom stereocenters. The van der Waals surface area contributed by atoms with Crippen LogP contribution in [0.3, 0.4) is 0 Å². The first-order valence-electron chi connectivity index (χ1n) is 11.5. The topological polar surface area (TPSA) is 93.9 Å². The highest BCUT2D eigenvalue weighted by Crippen LogP contribution is 2.37. The van der Waals surface area contributed by atoms with Crippen molar-refractivity contribution < 1.29 is 19.4 Å². The number of rotatable bonds is 8. The second-order valence-electron chi connectivity index (χ2n) is 8.35. The lowest BCUT2D eigenvalue weighted by Crippen LogP contribution is -2.35. The summed E-state index contributed by atoms with van der Waals surface area (Å²) < 4.78 is 12.4. The second kappa shape index (κ2) is 10.5. The Morgan fingerprint density at radius 1 is 1.14 bits per heavy atom. The van der Waals surface area contributed by atoms with Crippen LogP contribution in [0.25, 0.3) is 5.69 Å². The first kappa shape index (κ1) is 24.1. The van der Waals surface area contributed by atoms with E-state index in [2.05, 4.69) is 11.6 Å². The molecule has 0 aliphatic carbocycles. The standard InChI is InChI=1S/C27H29N3O5/c1-4-5-14-22-28-25(31)23(26(32)29-16-15-19(17-29)18-10-7-6-8-11-18)27(33)30(22)24-20(34-2)12-9-13-21(24)35-3/h4,6-13,19,33H,1,5,14-17H2,2-3H3/t19-/m1/s1. The Morgan fingerprint density at radius 3 is 2.46 bits per heavy atom. The molecule has 3 aromatic rings. The third-order valence-corrected chi connectivity index (χ3v) is 6.30. The number of amides is 1. The van der Waals surface area contributed by atoms with Gasteiger partial charge in [0.25, 0.3) is 11.5 Å². The Balaban J connectivity index is 1.81. The first-order chi connectivity index (χ1) is 17.0. The molecule has 0 radical (unpaired) electrons. The number of ether oxygens (including phenoxy) is 2. The molecule has 1 saturated heterocycles. The molecule has 2 heterocycles. The number of methoxy groups -OCH3 is 2. The lowest BCUT2D eigenvalue weighted by Gasteiger charge is -2.22. The molecule has 1 atom stereocenters. The van der Waals surface area contributed by atoms with Gasteiger partial charge in [0.2, 0.25) is 5.88 Å². The van der Waals surface area contributed by atoms with Crippen LogP contribution in [0.1, 0.15) is 40.5 Å². The summed E-state index contributed by atoms with van der Waals surface area (Å²) in [5.41, 5.74) is 0.370. The molecule has 1 aliphatic rings. The molecule has 2 aromatic carbocycles. The molecular weight excluding hydrogens is 446 g/mol. The van der Waals surface area contributed by atoms with Crippen molar-refractivity contribution in [2.24, 2.45) is 0 Å². The average molecular weight is 476 g/mol. The zero-order valence-electron chi connectivity index (χ0n) is 19.9. The number of benzene rings is 2. The quantitative estimate of drug-likeness (QED) is 0.500. The van der Waals surface area contributed by atoms with Crippen molar-refractivity contribution in [2.75, 3.05) is 27.3 Å². The van der Waals surface area contributed by atoms with Crippen LogP contribution in [-0.2, 0) is 6.42 Å². The third-order valence-electron chi connectivity index (χ3n) is 6.30. The summed E-state index contributed by atoms with van der Waals surface area (Å²) in [6.45, 7) is 4.67. The highest BCUT2D eigenvalue weighted by molar-refractivity contribution is 5.96. The van der Waals surface area contributed by atoms with Crippen LogP contribution in [0.2, 0.25) is 0 Å². The number of likely N-dealkylation sites (tertiary alicyclic amines) is 1. The van der Waals surface area contributed by atoms with Crippen LogP contribution in [-0.4, -0.2) is 52.8 Å². The number of hydrogen-bond donors (Lipinski definition) is 1. The molecule has 0 saturated carbocycles. The molecule has 0 bridgehead atoms. The van der Waals surface area contributed by atoms with Gasteiger partial charge in [0.05, 0.1) is 14.2 Å². The van der Waals surface area contributed by atoms with Gasteiger partial charge in [0, 0.05) is 25.4 Å². The Labute approximate surface area is 204 Å². The van der Waals surface area contributed by atoms with Crippen molar-refractivity contribution in [1.29, 1.82) is 0 Å². The van der Waals surface area contributed by atoms with Gasteiger partial charge in [0.15, 0.2) is 5.56 Å². The average Bonchev–Trinajstić information content (AvgIpc) is 3.38. The van der Waals surface area contributed by atoms with Gasteiger partial charge in [-0.05, 0) is 30.5 Å². The number of hydrogen-bond acceptors (Lipinski definition) is 6. The van der Waals surface area contributed by atoms with Crippen LogP contribution >= 0.6 is 0 Å². The van der Waals surface area contributed by atoms with E-state index in [0.29, 0.717) is 43.1 Å². The van der Waals surface area contributed by atoms with Gasteiger partial charge < -0.3 is 19.5 Å². The summed E-state index contributed by atoms with van der Waals surface area (Å²) in [4.78, 5) is 32.4. The van der Waals surface area contributed by atoms with Crippen molar-refractivity contribution >= 4 is 5.91 Å². The van der Waals surface area contributed by atoms with Crippen LogP contribution in [0.15, 0.2) is 66.0 Å². The number of carbonyl (C=O) groups is 1. The predicted molar refractivity (Wildman–Crippen MR) is 133 cm³/mol. The minimum absolute atomic E-state index is 0.165. The summed E-state index contributed by atoms with van der Waals surface area (Å²) >= 11 is 0. The Hall–Kier alpha value is -4.07. The number of carbonyl (C=O) groups excluding carboxylic acids is 1. The number of allylic oxidation sites excluding steroid dienone is 1. The summed E-state index contributed by atoms with van der Waals surface area (Å²) in [5, 5.41) is 11.4. The van der Waals surface area contributed by atoms with E-state index in [1.807, 2.05) is 30.3 Å². The molecule has 35 heavy (non-hydrogen) atoms. The summed E-state index contributed by atoms with van der Waals surface area (Å²) in [6.07, 6.45) is 3.30. The molecular formula is C27H29N3O5. The zero-order valence-corrected chi connectivity index (χ0v) is 19.9. The number of aromatic hydroxyl groups is 1. The molecule has 0 spiro atoms. The molecule has 4 rings (SSSR count). The summed E-state index contributed by atoms with van der Waals surface area (Å²) in [7, 11) is 2.99. The number of para-hydroxylation sites is 1. The van der Waals surface area contributed by atoms with Crippen molar-refractivity contribution in [1.82, 2.24) is 14.5 Å². The maximum atomic E-state index is 13.5. The van der Waals surface area contributed by atoms with Crippen LogP contribution in [0, 0.1) is 0 Å². The highest BCUT2D eigenvalue weighted by atomic mass is 16.5. The van der Waals surface area contributed by atoms with Gasteiger partial charge in [0.1, 0.15) is 23.0 Å². The Kier molecular flexibility index (Phi) is 7.19. The van der Waals surface area contributed by atoms with E-state index in [9.17, 15) is 14.7 Å². The molecule has 8 nitrogen and oxygen atoms in total. The Bertz CT molecular complexity index is 1260. The van der Waals surface area contributed by atoms with E-state index in [1.165, 1.54) is 18.8 Å². The minimum Gasteiger partial charge on any atom is -0.494 e. The molecule has 1 amide bonds. The van der Waals surface area contributed by atoms with Gasteiger partial charge in [-0.25, -0.2) is 0 Å². The van der Waals surface area contributed by atoms with E-state index in [0.717, 1.165) is 12.0 Å². The van der Waals surface area contributed by atoms with E-state index in [1.54, 1.807) is 29.2 Å². The fraction of sp³-hybridized carbons (Fsp3) is 0.296. The number of aryl methyl sites for hydroxylation is 1. The molecule has 1 aromatic heterocycles. The molecule has 182 valence electrons. The van der Waals surface area contributed by atoms with E-state index in [4.69, 9.17) is 9.47 Å². The van der Waals surface area contributed by atoms with Crippen molar-refractivity contribution in [3.63, 3.8) is 0 Å². The van der Waals surface area contributed by atoms with E-state index in [-0.39, 0.29) is 17.3 Å². The molecule has 1 N–H and O–H groups in total. The van der Waals surface area contributed by atoms with Gasteiger partial charge in [-0.1, -0.05) is 42.5 Å². The van der Waals surface area contributed by atoms with Crippen molar-refractivity contribution in [3.05, 3.63) is 88.5 Å². The molecule has 1 aliphatic heterocycles. The smallest absolute Gasteiger partial charge is 0.289 e. The fourth-order valence-electron chi connectivity index (χ4n) is 4.53. The largest absolute Gasteiger partial charge is 0.494 e. The SMILES string of the molecule is C=CCCc1nc(=O)c(C(=O)N2CC[C@@H](c3ccccc3)C2)c(O)n1-c1c(OC)cccc1OC. The lowest BCUT2D eigenvalue weighted by molar-refractivity contribution is 0.0784. The van der Waals surface area contributed by atoms with Crippen molar-refractivity contribution in [2.45, 2.75) is 25.2 Å². The van der Waals surface area contributed by atoms with Gasteiger partial charge in [-0.15, -0.1) is 6.58 Å². The summed E-state index contributed by atoms with van der Waals surface area (Å²) in [5.74, 6) is 0.202. The molecule has 1 fully saturated rings. The Morgan fingerprint density at radius 2 is 1.83 bits per heavy atom. The van der Waals surface area contributed by atoms with E-state index < -0.39 is 17.3 Å². The van der Waals surface area contributed by atoms with Gasteiger partial charge >= 0.3 is 0 Å². The molecule has 8 heteroatoms. The fourth-order valence-corrected chi connectivity index (χ4v) is 4.53. The summed E-state index contributed by atoms with van der Waals surface area (Å²) in [6, 6.07) is 15.1. The van der Waals surface area contributed by atoms with Crippen LogP contribution < -0.4 is 15.0 Å². The second-order valence-corrected chi connectivity index (χ2v) is 8.35. The maximum Gasteiger partial charge on any atom is 0.289 e. The zero-order chi connectivity index (χ0) is 24.9. The lowest BCUT2D eigenvalue weighted by atomic mass is 9.99. The predicted octanol–water partition coefficient (Wildman–Crippen LogP) is 3.70. The maximum absolute atomic E-state index is 13.5. The first-order valence-corrected chi connectivity index (χ1v) is 11.5.